The van der Waals surface area contributed by atoms with E-state index in [1.165, 1.54) is 36.6 Å². The van der Waals surface area contributed by atoms with Crippen LogP contribution in [0.1, 0.15) is 5.76 Å². The Morgan fingerprint density at radius 1 is 1.02 bits per heavy atom. The quantitative estimate of drug-likeness (QED) is 0.202. The third-order valence-electron chi connectivity index (χ3n) is 6.39. The first-order chi connectivity index (χ1) is 19.9. The van der Waals surface area contributed by atoms with Gasteiger partial charge in [-0.05, 0) is 24.3 Å². The van der Waals surface area contributed by atoms with Gasteiger partial charge in [-0.25, -0.2) is 9.18 Å². The van der Waals surface area contributed by atoms with E-state index in [-0.39, 0.29) is 18.1 Å². The van der Waals surface area contributed by atoms with Gasteiger partial charge in [-0.3, -0.25) is 14.9 Å². The fourth-order valence-corrected chi connectivity index (χ4v) is 4.24. The second-order valence-electron chi connectivity index (χ2n) is 9.06. The summed E-state index contributed by atoms with van der Waals surface area (Å²) in [5.41, 5.74) is 1.73. The van der Waals surface area contributed by atoms with Crippen LogP contribution in [0.2, 0.25) is 0 Å². The number of carbonyl (C=O) groups excluding carboxylic acids is 2. The Morgan fingerprint density at radius 3 is 2.49 bits per heavy atom. The van der Waals surface area contributed by atoms with Crippen LogP contribution in [0.25, 0.3) is 11.3 Å². The summed E-state index contributed by atoms with van der Waals surface area (Å²) < 4.78 is 25.1. The molecule has 0 aliphatic carbocycles. The van der Waals surface area contributed by atoms with Gasteiger partial charge >= 0.3 is 6.03 Å². The van der Waals surface area contributed by atoms with Crippen LogP contribution in [-0.2, 0) is 11.3 Å². The molecule has 1 saturated heterocycles. The molecule has 0 spiro atoms. The summed E-state index contributed by atoms with van der Waals surface area (Å²) in [7, 11) is 0. The van der Waals surface area contributed by atoms with Gasteiger partial charge in [-0.1, -0.05) is 16.4 Å². The summed E-state index contributed by atoms with van der Waals surface area (Å²) in [5.74, 6) is 0.407. The summed E-state index contributed by atoms with van der Waals surface area (Å²) >= 11 is 0. The fourth-order valence-electron chi connectivity index (χ4n) is 4.24. The molecule has 41 heavy (non-hydrogen) atoms. The van der Waals surface area contributed by atoms with Crippen molar-refractivity contribution in [2.24, 2.45) is 0 Å². The number of non-ortho nitro benzene ring substituents is 1. The van der Waals surface area contributed by atoms with E-state index >= 15 is 4.39 Å². The normalized spacial score (nSPS) is 13.1. The second kappa shape index (κ2) is 12.1. The van der Waals surface area contributed by atoms with Crippen LogP contribution in [0.3, 0.4) is 0 Å². The molecule has 0 radical (unpaired) electrons. The standard InChI is InChI=1S/C26H25FN8O6/c27-21-13-17(22-14-20(41-31-22)15-28-24-7-12-40-32-24)1-6-23(21)33-8-10-34(11-9-33)25(36)16-29-26(37)30-18-2-4-19(5-3-18)35(38)39/h1-7,12-14H,8-11,15-16H2,(H,28,32)(H2,29,30,37). The van der Waals surface area contributed by atoms with Crippen molar-refractivity contribution < 1.29 is 27.9 Å². The SMILES string of the molecule is O=C(NCC(=O)N1CCN(c2ccc(-c3cc(CNc4ccon4)on3)cc2F)CC1)Nc1ccc([N+](=O)[O-])cc1. The van der Waals surface area contributed by atoms with Crippen molar-refractivity contribution in [2.45, 2.75) is 6.54 Å². The first kappa shape index (κ1) is 27.1. The molecule has 3 heterocycles. The van der Waals surface area contributed by atoms with Crippen molar-refractivity contribution in [3.05, 3.63) is 82.6 Å². The van der Waals surface area contributed by atoms with Crippen molar-refractivity contribution in [3.63, 3.8) is 0 Å². The molecule has 0 unspecified atom stereocenters. The maximum atomic E-state index is 15.1. The molecule has 0 bridgehead atoms. The van der Waals surface area contributed by atoms with Crippen molar-refractivity contribution >= 4 is 34.8 Å². The number of urea groups is 1. The van der Waals surface area contributed by atoms with Crippen molar-refractivity contribution in [1.82, 2.24) is 20.5 Å². The van der Waals surface area contributed by atoms with Gasteiger partial charge in [0.1, 0.15) is 17.8 Å². The van der Waals surface area contributed by atoms with Gasteiger partial charge in [-0.2, -0.15) is 0 Å². The summed E-state index contributed by atoms with van der Waals surface area (Å²) in [5, 5.41) is 26.5. The van der Waals surface area contributed by atoms with Crippen LogP contribution in [0.5, 0.6) is 0 Å². The molecular weight excluding hydrogens is 539 g/mol. The van der Waals surface area contributed by atoms with E-state index in [4.69, 9.17) is 9.05 Å². The number of benzene rings is 2. The van der Waals surface area contributed by atoms with Crippen LogP contribution >= 0.6 is 0 Å². The maximum absolute atomic E-state index is 15.1. The molecule has 1 aliphatic heterocycles. The average molecular weight is 565 g/mol. The molecule has 2 aromatic carbocycles. The van der Waals surface area contributed by atoms with Crippen LogP contribution in [-0.4, -0.2) is 64.8 Å². The zero-order valence-corrected chi connectivity index (χ0v) is 21.6. The molecule has 1 fully saturated rings. The van der Waals surface area contributed by atoms with E-state index in [2.05, 4.69) is 26.3 Å². The number of amides is 3. The van der Waals surface area contributed by atoms with Crippen LogP contribution < -0.4 is 20.9 Å². The number of nitro groups is 1. The smallest absolute Gasteiger partial charge is 0.319 e. The predicted molar refractivity (Wildman–Crippen MR) is 145 cm³/mol. The highest BCUT2D eigenvalue weighted by molar-refractivity contribution is 5.92. The molecule has 14 nitrogen and oxygen atoms in total. The molecule has 5 rings (SSSR count). The molecule has 0 atom stereocenters. The number of hydrogen-bond donors (Lipinski definition) is 3. The number of anilines is 3. The number of rotatable bonds is 9. The number of aromatic nitrogens is 2. The molecule has 3 amide bonds. The number of piperazine rings is 1. The van der Waals surface area contributed by atoms with E-state index in [0.717, 1.165) is 0 Å². The average Bonchev–Trinajstić information content (AvgIpc) is 3.68. The highest BCUT2D eigenvalue weighted by atomic mass is 19.1. The van der Waals surface area contributed by atoms with Gasteiger partial charge in [0, 0.05) is 61.7 Å². The largest absolute Gasteiger partial charge is 0.366 e. The molecular formula is C26H25FN8O6. The third-order valence-corrected chi connectivity index (χ3v) is 6.39. The number of hydrogen-bond acceptors (Lipinski definition) is 10. The molecule has 15 heteroatoms. The monoisotopic (exact) mass is 564 g/mol. The summed E-state index contributed by atoms with van der Waals surface area (Å²) in [6, 6.07) is 12.9. The van der Waals surface area contributed by atoms with Gasteiger partial charge in [-0.15, -0.1) is 0 Å². The topological polar surface area (TPSA) is 172 Å². The Kier molecular flexibility index (Phi) is 8.03. The molecule has 4 aromatic rings. The Balaban J connectivity index is 1.08. The number of nitrogens with zero attached hydrogens (tertiary/aromatic N) is 5. The summed E-state index contributed by atoms with van der Waals surface area (Å²) in [6.45, 7) is 1.66. The zero-order chi connectivity index (χ0) is 28.8. The minimum absolute atomic E-state index is 0.0985. The van der Waals surface area contributed by atoms with Crippen molar-refractivity contribution in [3.8, 4) is 11.3 Å². The number of halogens is 1. The number of carbonyl (C=O) groups is 2. The lowest BCUT2D eigenvalue weighted by atomic mass is 10.1. The molecule has 3 N–H and O–H groups in total. The van der Waals surface area contributed by atoms with E-state index < -0.39 is 16.8 Å². The Labute approximate surface area is 232 Å². The highest BCUT2D eigenvalue weighted by Gasteiger charge is 2.23. The molecule has 212 valence electrons. The minimum atomic E-state index is -0.613. The number of nitro benzene ring substituents is 1. The second-order valence-corrected chi connectivity index (χ2v) is 9.06. The van der Waals surface area contributed by atoms with E-state index in [9.17, 15) is 19.7 Å². The molecule has 0 saturated carbocycles. The highest BCUT2D eigenvalue weighted by Crippen LogP contribution is 2.27. The van der Waals surface area contributed by atoms with Gasteiger partial charge in [0.2, 0.25) is 5.91 Å². The lowest BCUT2D eigenvalue weighted by Crippen LogP contribution is -2.51. The Morgan fingerprint density at radius 2 is 1.80 bits per heavy atom. The fraction of sp³-hybridized carbons (Fsp3) is 0.231. The van der Waals surface area contributed by atoms with Gasteiger partial charge in [0.05, 0.1) is 23.7 Å². The Bertz CT molecular complexity index is 1520. The third kappa shape index (κ3) is 6.76. The predicted octanol–water partition coefficient (Wildman–Crippen LogP) is 3.46. The van der Waals surface area contributed by atoms with Crippen LogP contribution in [0.4, 0.5) is 32.1 Å². The van der Waals surface area contributed by atoms with Crippen molar-refractivity contribution in [1.29, 1.82) is 0 Å². The van der Waals surface area contributed by atoms with Crippen LogP contribution in [0, 0.1) is 15.9 Å². The number of nitrogens with one attached hydrogen (secondary N) is 3. The van der Waals surface area contributed by atoms with Gasteiger partial charge in [0.15, 0.2) is 11.6 Å². The maximum Gasteiger partial charge on any atom is 0.319 e. The zero-order valence-electron chi connectivity index (χ0n) is 21.6. The minimum Gasteiger partial charge on any atom is -0.366 e. The molecule has 1 aliphatic rings. The first-order valence-electron chi connectivity index (χ1n) is 12.6. The Hall–Kier alpha value is -5.47. The lowest BCUT2D eigenvalue weighted by Gasteiger charge is -2.36. The van der Waals surface area contributed by atoms with E-state index in [1.807, 2.05) is 4.90 Å². The summed E-state index contributed by atoms with van der Waals surface area (Å²) in [4.78, 5) is 38.3. The molecule has 2 aromatic heterocycles. The van der Waals surface area contributed by atoms with Gasteiger partial charge < -0.3 is 34.8 Å². The van der Waals surface area contributed by atoms with Crippen LogP contribution in [0.15, 0.2) is 69.9 Å². The van der Waals surface area contributed by atoms with Crippen molar-refractivity contribution in [2.75, 3.05) is 48.3 Å². The summed E-state index contributed by atoms with van der Waals surface area (Å²) in [6.07, 6.45) is 1.45. The lowest BCUT2D eigenvalue weighted by molar-refractivity contribution is -0.384. The first-order valence-corrected chi connectivity index (χ1v) is 12.6. The van der Waals surface area contributed by atoms with E-state index in [1.54, 1.807) is 29.2 Å². The van der Waals surface area contributed by atoms with Gasteiger partial charge in [0.25, 0.3) is 5.69 Å². The van der Waals surface area contributed by atoms with E-state index in [0.29, 0.717) is 66.9 Å².